The van der Waals surface area contributed by atoms with Crippen LogP contribution in [0.5, 0.6) is 0 Å². The van der Waals surface area contributed by atoms with Gasteiger partial charge in [0.05, 0.1) is 6.61 Å². The standard InChI is InChI=1S/C3H10O3P2/c4-1-2(5)3(6)8-7/h2-6,8H,1,7H2. The monoisotopic (exact) mass is 156 g/mol. The lowest BCUT2D eigenvalue weighted by molar-refractivity contribution is 0.0276. The smallest absolute Gasteiger partial charge is 0.107 e. The van der Waals surface area contributed by atoms with E-state index in [-0.39, 0.29) is 14.9 Å². The van der Waals surface area contributed by atoms with Crippen LogP contribution in [0.3, 0.4) is 0 Å². The van der Waals surface area contributed by atoms with E-state index >= 15 is 0 Å². The van der Waals surface area contributed by atoms with Gasteiger partial charge in [-0.15, -0.1) is 8.93 Å². The molecule has 0 saturated heterocycles. The Kier molecular flexibility index (Phi) is 5.03. The van der Waals surface area contributed by atoms with Crippen molar-refractivity contribution >= 4 is 17.2 Å². The molecule has 0 saturated carbocycles. The summed E-state index contributed by atoms with van der Waals surface area (Å²) in [6.07, 6.45) is -0.981. The molecule has 4 unspecified atom stereocenters. The van der Waals surface area contributed by atoms with Gasteiger partial charge in [0.1, 0.15) is 11.9 Å². The summed E-state index contributed by atoms with van der Waals surface area (Å²) in [6, 6.07) is 0. The molecule has 0 aromatic heterocycles. The van der Waals surface area contributed by atoms with Gasteiger partial charge in [0, 0.05) is 0 Å². The second-order valence-corrected chi connectivity index (χ2v) is 3.29. The van der Waals surface area contributed by atoms with Crippen LogP contribution in [0.2, 0.25) is 0 Å². The lowest BCUT2D eigenvalue weighted by Gasteiger charge is -2.11. The Labute approximate surface area is 52.0 Å². The van der Waals surface area contributed by atoms with Gasteiger partial charge in [0.25, 0.3) is 0 Å². The van der Waals surface area contributed by atoms with Crippen LogP contribution >= 0.6 is 17.2 Å². The van der Waals surface area contributed by atoms with Crippen molar-refractivity contribution < 1.29 is 15.3 Å². The molecule has 5 heteroatoms. The summed E-state index contributed by atoms with van der Waals surface area (Å²) in [7, 11) is 2.48. The van der Waals surface area contributed by atoms with E-state index in [0.29, 0.717) is 0 Å². The van der Waals surface area contributed by atoms with Gasteiger partial charge in [-0.05, 0) is 0 Å². The van der Waals surface area contributed by atoms with Crippen LogP contribution in [0, 0.1) is 0 Å². The molecule has 0 fully saturated rings. The summed E-state index contributed by atoms with van der Waals surface area (Å²) in [5.74, 6) is -0.787. The maximum absolute atomic E-state index is 8.71. The van der Waals surface area contributed by atoms with Crippen molar-refractivity contribution in [3.05, 3.63) is 0 Å². The third kappa shape index (κ3) is 2.91. The van der Waals surface area contributed by atoms with Crippen molar-refractivity contribution in [1.29, 1.82) is 0 Å². The molecule has 8 heavy (non-hydrogen) atoms. The summed E-state index contributed by atoms with van der Waals surface area (Å²) in [5.41, 5.74) is 0. The molecule has 3 nitrogen and oxygen atoms in total. The predicted molar refractivity (Wildman–Crippen MR) is 37.1 cm³/mol. The van der Waals surface area contributed by atoms with Crippen molar-refractivity contribution in [3.8, 4) is 0 Å². The second kappa shape index (κ2) is 4.60. The van der Waals surface area contributed by atoms with Crippen LogP contribution in [0.25, 0.3) is 0 Å². The van der Waals surface area contributed by atoms with Crippen LogP contribution in [0.4, 0.5) is 0 Å². The molecule has 0 amide bonds. The molecular formula is C3H10O3P2. The van der Waals surface area contributed by atoms with Gasteiger partial charge in [-0.3, -0.25) is 0 Å². The van der Waals surface area contributed by atoms with Gasteiger partial charge in [-0.25, -0.2) is 0 Å². The van der Waals surface area contributed by atoms with E-state index in [1.165, 1.54) is 0 Å². The molecular weight excluding hydrogens is 146 g/mol. The van der Waals surface area contributed by atoms with Gasteiger partial charge in [0.15, 0.2) is 0 Å². The normalized spacial score (nSPS) is 19.5. The molecule has 0 heterocycles. The molecule has 0 bridgehead atoms. The zero-order chi connectivity index (χ0) is 6.57. The van der Waals surface area contributed by atoms with Crippen LogP contribution in [0.1, 0.15) is 0 Å². The average Bonchev–Trinajstić information content (AvgIpc) is 1.84. The third-order valence-electron chi connectivity index (χ3n) is 0.722. The lowest BCUT2D eigenvalue weighted by atomic mass is 10.4. The highest BCUT2D eigenvalue weighted by molar-refractivity contribution is 8.03. The van der Waals surface area contributed by atoms with E-state index in [0.717, 1.165) is 0 Å². The minimum atomic E-state index is -0.981. The van der Waals surface area contributed by atoms with Gasteiger partial charge in [-0.1, -0.05) is 8.27 Å². The van der Waals surface area contributed by atoms with Gasteiger partial charge >= 0.3 is 0 Å². The molecule has 0 aromatic rings. The van der Waals surface area contributed by atoms with E-state index in [1.807, 2.05) is 0 Å². The van der Waals surface area contributed by atoms with Crippen LogP contribution < -0.4 is 0 Å². The maximum Gasteiger partial charge on any atom is 0.107 e. The molecule has 0 radical (unpaired) electrons. The summed E-state index contributed by atoms with van der Waals surface area (Å²) in [5, 5.41) is 25.5. The van der Waals surface area contributed by atoms with Gasteiger partial charge in [0.2, 0.25) is 0 Å². The highest BCUT2D eigenvalue weighted by Crippen LogP contribution is 2.27. The number of rotatable bonds is 3. The van der Waals surface area contributed by atoms with E-state index in [9.17, 15) is 0 Å². The van der Waals surface area contributed by atoms with Crippen LogP contribution in [-0.2, 0) is 0 Å². The lowest BCUT2D eigenvalue weighted by Crippen LogP contribution is -2.24. The van der Waals surface area contributed by atoms with E-state index < -0.39 is 11.9 Å². The number of aliphatic hydroxyl groups excluding tert-OH is 3. The molecule has 0 rings (SSSR count). The van der Waals surface area contributed by atoms with E-state index in [1.54, 1.807) is 0 Å². The molecule has 50 valence electrons. The maximum atomic E-state index is 8.71. The predicted octanol–water partition coefficient (Wildman–Crippen LogP) is -0.873. The zero-order valence-corrected chi connectivity index (χ0v) is 6.44. The zero-order valence-electron chi connectivity index (χ0n) is 4.28. The first-order chi connectivity index (χ1) is 3.72. The fourth-order valence-corrected chi connectivity index (χ4v) is 1.20. The summed E-state index contributed by atoms with van der Waals surface area (Å²) in [4.78, 5) is 0. The molecule has 3 N–H and O–H groups in total. The minimum Gasteiger partial charge on any atom is -0.394 e. The molecule has 0 aliphatic carbocycles. The Morgan fingerprint density at radius 2 is 2.00 bits per heavy atom. The molecule has 4 atom stereocenters. The summed E-state index contributed by atoms with van der Waals surface area (Å²) >= 11 is 0. The molecule has 0 aliphatic heterocycles. The molecule has 0 aromatic carbocycles. The van der Waals surface area contributed by atoms with Crippen molar-refractivity contribution in [1.82, 2.24) is 0 Å². The first kappa shape index (κ1) is 8.74. The number of hydrogen-bond acceptors (Lipinski definition) is 3. The Morgan fingerprint density at radius 1 is 1.50 bits per heavy atom. The van der Waals surface area contributed by atoms with E-state index in [4.69, 9.17) is 15.3 Å². The van der Waals surface area contributed by atoms with Crippen LogP contribution in [0.15, 0.2) is 0 Å². The third-order valence-corrected chi connectivity index (χ3v) is 2.47. The van der Waals surface area contributed by atoms with Crippen molar-refractivity contribution in [2.75, 3.05) is 6.61 Å². The molecule has 0 aliphatic rings. The highest BCUT2D eigenvalue weighted by Gasteiger charge is 2.11. The van der Waals surface area contributed by atoms with Crippen LogP contribution in [-0.4, -0.2) is 33.9 Å². The Bertz CT molecular complexity index is 52.5. The summed E-state index contributed by atoms with van der Waals surface area (Å²) < 4.78 is 0. The quantitative estimate of drug-likeness (QED) is 0.465. The molecule has 0 spiro atoms. The average molecular weight is 156 g/mol. The Morgan fingerprint density at radius 3 is 2.12 bits per heavy atom. The van der Waals surface area contributed by atoms with Gasteiger partial charge in [-0.2, -0.15) is 0 Å². The van der Waals surface area contributed by atoms with E-state index in [2.05, 4.69) is 8.93 Å². The SMILES string of the molecule is OCC(O)C(O)PP. The van der Waals surface area contributed by atoms with Crippen molar-refractivity contribution in [2.24, 2.45) is 0 Å². The summed E-state index contributed by atoms with van der Waals surface area (Å²) in [6.45, 7) is -0.372. The Balaban J connectivity index is 3.29. The number of hydrogen-bond donors (Lipinski definition) is 3. The topological polar surface area (TPSA) is 60.7 Å². The first-order valence-corrected chi connectivity index (χ1v) is 5.04. The van der Waals surface area contributed by atoms with Crippen molar-refractivity contribution in [2.45, 2.75) is 11.9 Å². The largest absolute Gasteiger partial charge is 0.394 e. The number of aliphatic hydroxyl groups is 3. The fraction of sp³-hybridized carbons (Fsp3) is 1.00. The fourth-order valence-electron chi connectivity index (χ4n) is 0.211. The second-order valence-electron chi connectivity index (χ2n) is 1.36. The van der Waals surface area contributed by atoms with Gasteiger partial charge < -0.3 is 15.3 Å². The van der Waals surface area contributed by atoms with Crippen molar-refractivity contribution in [3.63, 3.8) is 0 Å². The Hall–Kier alpha value is 0.740. The minimum absolute atomic E-state index is 0.181. The highest BCUT2D eigenvalue weighted by atomic mass is 32.0. The first-order valence-electron chi connectivity index (χ1n) is 2.15.